The Kier molecular flexibility index (Phi) is 10.1. The first-order valence-corrected chi connectivity index (χ1v) is 2.95. The molecule has 0 atom stereocenters. The summed E-state index contributed by atoms with van der Waals surface area (Å²) >= 11 is 0. The maximum atomic E-state index is 10.2. The van der Waals surface area contributed by atoms with E-state index in [1.807, 2.05) is 13.8 Å². The fourth-order valence-corrected chi connectivity index (χ4v) is 0.638. The molecular formula is C6H14BaO2. The van der Waals surface area contributed by atoms with E-state index in [0.29, 0.717) is 0 Å². The summed E-state index contributed by atoms with van der Waals surface area (Å²) in [7, 11) is 0. The van der Waals surface area contributed by atoms with E-state index in [2.05, 4.69) is 0 Å². The first kappa shape index (κ1) is 12.7. The normalized spacial score (nSPS) is 8.78. The molecule has 0 aliphatic rings. The van der Waals surface area contributed by atoms with Crippen molar-refractivity contribution in [1.82, 2.24) is 0 Å². The van der Waals surface area contributed by atoms with Crippen molar-refractivity contribution in [2.45, 2.75) is 26.7 Å². The molecule has 0 bridgehead atoms. The second kappa shape index (κ2) is 7.15. The Morgan fingerprint density at radius 3 is 1.78 bits per heavy atom. The van der Waals surface area contributed by atoms with E-state index in [1.54, 1.807) is 0 Å². The molecule has 0 aromatic heterocycles. The number of carboxylic acids is 1. The zero-order valence-electron chi connectivity index (χ0n) is 5.35. The van der Waals surface area contributed by atoms with Gasteiger partial charge in [-0.25, -0.2) is 0 Å². The Hall–Kier alpha value is 1.04. The second-order valence-corrected chi connectivity index (χ2v) is 1.85. The Bertz CT molecular complexity index is 79.1. The van der Waals surface area contributed by atoms with Gasteiger partial charge in [-0.3, -0.25) is 4.79 Å². The van der Waals surface area contributed by atoms with Crippen molar-refractivity contribution in [2.24, 2.45) is 5.92 Å². The molecule has 52 valence electrons. The van der Waals surface area contributed by atoms with Gasteiger partial charge in [-0.1, -0.05) is 13.8 Å². The van der Waals surface area contributed by atoms with Crippen LogP contribution in [-0.4, -0.2) is 60.0 Å². The van der Waals surface area contributed by atoms with Crippen LogP contribution in [0, 0.1) is 5.92 Å². The van der Waals surface area contributed by atoms with E-state index >= 15 is 0 Å². The van der Waals surface area contributed by atoms with Crippen LogP contribution in [0.5, 0.6) is 0 Å². The summed E-state index contributed by atoms with van der Waals surface area (Å²) in [6.45, 7) is 3.78. The second-order valence-electron chi connectivity index (χ2n) is 1.85. The molecule has 3 heteroatoms. The number of hydrogen-bond acceptors (Lipinski definition) is 1. The van der Waals surface area contributed by atoms with E-state index in [1.165, 1.54) is 0 Å². The molecule has 0 aromatic rings. The average Bonchev–Trinajstić information content (AvgIpc) is 1.69. The fourth-order valence-electron chi connectivity index (χ4n) is 0.638. The van der Waals surface area contributed by atoms with E-state index in [9.17, 15) is 4.79 Å². The van der Waals surface area contributed by atoms with Crippen molar-refractivity contribution < 1.29 is 9.90 Å². The summed E-state index contributed by atoms with van der Waals surface area (Å²) in [5, 5.41) is 8.37. The van der Waals surface area contributed by atoms with Gasteiger partial charge in [0.15, 0.2) is 0 Å². The van der Waals surface area contributed by atoms with Gasteiger partial charge >= 0.3 is 54.9 Å². The van der Waals surface area contributed by atoms with Gasteiger partial charge in [-0.2, -0.15) is 0 Å². The quantitative estimate of drug-likeness (QED) is 0.750. The average molecular weight is 256 g/mol. The van der Waals surface area contributed by atoms with E-state index in [-0.39, 0.29) is 54.8 Å². The summed E-state index contributed by atoms with van der Waals surface area (Å²) in [6.07, 6.45) is 1.48. The number of carbonyl (C=O) groups is 1. The molecule has 0 aromatic carbocycles. The summed E-state index contributed by atoms with van der Waals surface area (Å²) in [5.74, 6) is -0.801. The molecule has 0 aliphatic heterocycles. The SMILES string of the molecule is CCC(CC)C(=O)O.[BaH2]. The van der Waals surface area contributed by atoms with Gasteiger partial charge in [0.05, 0.1) is 5.92 Å². The topological polar surface area (TPSA) is 37.3 Å². The zero-order chi connectivity index (χ0) is 6.57. The third-order valence-electron chi connectivity index (χ3n) is 1.33. The van der Waals surface area contributed by atoms with Crippen molar-refractivity contribution in [1.29, 1.82) is 0 Å². The molecule has 0 amide bonds. The predicted molar refractivity (Wildman–Crippen MR) is 40.3 cm³/mol. The standard InChI is InChI=1S/C6H12O2.Ba.2H/c1-3-5(4-2)6(7)8;;;/h5H,3-4H2,1-2H3,(H,7,8);;;. The number of hydrogen-bond donors (Lipinski definition) is 1. The van der Waals surface area contributed by atoms with E-state index in [4.69, 9.17) is 5.11 Å². The monoisotopic (exact) mass is 256 g/mol. The third kappa shape index (κ3) is 5.48. The molecule has 0 saturated heterocycles. The molecule has 1 N–H and O–H groups in total. The van der Waals surface area contributed by atoms with Gasteiger partial charge in [0.25, 0.3) is 0 Å². The molecular weight excluding hydrogens is 241 g/mol. The molecule has 0 fully saturated rings. The first-order chi connectivity index (χ1) is 3.72. The predicted octanol–water partition coefficient (Wildman–Crippen LogP) is 0.591. The van der Waals surface area contributed by atoms with Crippen LogP contribution in [0.15, 0.2) is 0 Å². The van der Waals surface area contributed by atoms with Crippen LogP contribution >= 0.6 is 0 Å². The Labute approximate surface area is 96.1 Å². The van der Waals surface area contributed by atoms with Gasteiger partial charge in [0.2, 0.25) is 0 Å². The third-order valence-corrected chi connectivity index (χ3v) is 1.33. The zero-order valence-corrected chi connectivity index (χ0v) is 5.35. The number of rotatable bonds is 3. The van der Waals surface area contributed by atoms with Crippen molar-refractivity contribution in [3.05, 3.63) is 0 Å². The van der Waals surface area contributed by atoms with Crippen LogP contribution in [0.4, 0.5) is 0 Å². The Morgan fingerprint density at radius 2 is 1.78 bits per heavy atom. The summed E-state index contributed by atoms with van der Waals surface area (Å²) < 4.78 is 0. The van der Waals surface area contributed by atoms with Gasteiger partial charge in [-0.15, -0.1) is 0 Å². The summed E-state index contributed by atoms with van der Waals surface area (Å²) in [6, 6.07) is 0. The van der Waals surface area contributed by atoms with Gasteiger partial charge in [0, 0.05) is 0 Å². The molecule has 0 rings (SSSR count). The Balaban J connectivity index is 0. The summed E-state index contributed by atoms with van der Waals surface area (Å²) in [5.41, 5.74) is 0. The van der Waals surface area contributed by atoms with Crippen LogP contribution < -0.4 is 0 Å². The van der Waals surface area contributed by atoms with Crippen LogP contribution in [0.25, 0.3) is 0 Å². The van der Waals surface area contributed by atoms with Crippen molar-refractivity contribution >= 4 is 54.9 Å². The van der Waals surface area contributed by atoms with Crippen LogP contribution in [0.3, 0.4) is 0 Å². The fraction of sp³-hybridized carbons (Fsp3) is 0.833. The minimum absolute atomic E-state index is 0. The molecule has 0 unspecified atom stereocenters. The van der Waals surface area contributed by atoms with E-state index in [0.717, 1.165) is 12.8 Å². The molecule has 0 saturated carbocycles. The molecule has 2 nitrogen and oxygen atoms in total. The number of carboxylic acid groups (broad SMARTS) is 1. The molecule has 0 radical (unpaired) electrons. The molecule has 0 aliphatic carbocycles. The van der Waals surface area contributed by atoms with Crippen molar-refractivity contribution in [3.63, 3.8) is 0 Å². The summed E-state index contributed by atoms with van der Waals surface area (Å²) in [4.78, 5) is 10.2. The minimum atomic E-state index is -0.671. The molecule has 0 spiro atoms. The molecule has 0 heterocycles. The van der Waals surface area contributed by atoms with Crippen molar-refractivity contribution in [3.8, 4) is 0 Å². The van der Waals surface area contributed by atoms with Gasteiger partial charge < -0.3 is 5.11 Å². The number of aliphatic carboxylic acids is 1. The van der Waals surface area contributed by atoms with Crippen molar-refractivity contribution in [2.75, 3.05) is 0 Å². The van der Waals surface area contributed by atoms with Crippen LogP contribution in [-0.2, 0) is 4.79 Å². The van der Waals surface area contributed by atoms with E-state index < -0.39 is 5.97 Å². The van der Waals surface area contributed by atoms with Gasteiger partial charge in [0.1, 0.15) is 0 Å². The Morgan fingerprint density at radius 1 is 1.44 bits per heavy atom. The van der Waals surface area contributed by atoms with Crippen LogP contribution in [0.2, 0.25) is 0 Å². The maximum absolute atomic E-state index is 10.2. The first-order valence-electron chi connectivity index (χ1n) is 2.95. The van der Waals surface area contributed by atoms with Gasteiger partial charge in [-0.05, 0) is 12.8 Å². The van der Waals surface area contributed by atoms with Crippen LogP contribution in [0.1, 0.15) is 26.7 Å². The molecule has 9 heavy (non-hydrogen) atoms.